The lowest BCUT2D eigenvalue weighted by atomic mass is 9.97. The zero-order valence-corrected chi connectivity index (χ0v) is 14.5. The fraction of sp³-hybridized carbons (Fsp3) is 0.429. The molecule has 2 aromatic rings. The van der Waals surface area contributed by atoms with Crippen LogP contribution in [0.25, 0.3) is 10.9 Å². The summed E-state index contributed by atoms with van der Waals surface area (Å²) in [5.41, 5.74) is 3.76. The van der Waals surface area contributed by atoms with Gasteiger partial charge in [-0.25, -0.2) is 0 Å². The van der Waals surface area contributed by atoms with Crippen molar-refractivity contribution in [2.45, 2.75) is 51.5 Å². The van der Waals surface area contributed by atoms with Gasteiger partial charge in [-0.15, -0.1) is 0 Å². The Kier molecular flexibility index (Phi) is 4.43. The van der Waals surface area contributed by atoms with Gasteiger partial charge in [0.05, 0.1) is 5.52 Å². The number of carbonyl (C=O) groups is 1. The van der Waals surface area contributed by atoms with Gasteiger partial charge in [0, 0.05) is 24.7 Å². The molecule has 130 valence electrons. The summed E-state index contributed by atoms with van der Waals surface area (Å²) in [7, 11) is 0. The van der Waals surface area contributed by atoms with Gasteiger partial charge < -0.3 is 9.88 Å². The van der Waals surface area contributed by atoms with Crippen LogP contribution in [0.3, 0.4) is 0 Å². The Morgan fingerprint density at radius 3 is 2.92 bits per heavy atom. The highest BCUT2D eigenvalue weighted by Crippen LogP contribution is 2.23. The van der Waals surface area contributed by atoms with Gasteiger partial charge in [0.15, 0.2) is 0 Å². The summed E-state index contributed by atoms with van der Waals surface area (Å²) in [5, 5.41) is 3.61. The molecule has 1 aliphatic heterocycles. The van der Waals surface area contributed by atoms with Crippen molar-refractivity contribution in [1.29, 1.82) is 0 Å². The summed E-state index contributed by atoms with van der Waals surface area (Å²) in [4.78, 5) is 25.4. The van der Waals surface area contributed by atoms with Gasteiger partial charge in [-0.05, 0) is 56.6 Å². The molecule has 0 bridgehead atoms. The van der Waals surface area contributed by atoms with Crippen molar-refractivity contribution in [3.8, 4) is 0 Å². The summed E-state index contributed by atoms with van der Waals surface area (Å²) < 4.78 is 2.08. The first-order valence-electron chi connectivity index (χ1n) is 9.35. The SMILES string of the molecule is O=C(NCCC1=CCCCC1)c1cn2c3c(cccc3c1=O)CCC2. The monoisotopic (exact) mass is 336 g/mol. The number of nitrogens with zero attached hydrogens (tertiary/aromatic N) is 1. The molecule has 2 aliphatic rings. The highest BCUT2D eigenvalue weighted by molar-refractivity contribution is 5.97. The summed E-state index contributed by atoms with van der Waals surface area (Å²) in [6, 6.07) is 5.84. The molecular weight excluding hydrogens is 312 g/mol. The smallest absolute Gasteiger partial charge is 0.256 e. The van der Waals surface area contributed by atoms with Crippen molar-refractivity contribution in [2.24, 2.45) is 0 Å². The molecule has 4 heteroatoms. The Morgan fingerprint density at radius 1 is 1.16 bits per heavy atom. The van der Waals surface area contributed by atoms with Gasteiger partial charge in [0.2, 0.25) is 5.43 Å². The van der Waals surface area contributed by atoms with Crippen molar-refractivity contribution >= 4 is 16.8 Å². The number of aryl methyl sites for hydroxylation is 2. The molecule has 0 spiro atoms. The Labute approximate surface area is 147 Å². The topological polar surface area (TPSA) is 51.1 Å². The minimum Gasteiger partial charge on any atom is -0.352 e. The number of pyridine rings is 1. The van der Waals surface area contributed by atoms with E-state index < -0.39 is 0 Å². The van der Waals surface area contributed by atoms with Crippen LogP contribution < -0.4 is 10.7 Å². The molecule has 0 unspecified atom stereocenters. The maximum Gasteiger partial charge on any atom is 0.256 e. The highest BCUT2D eigenvalue weighted by Gasteiger charge is 2.19. The second-order valence-electron chi connectivity index (χ2n) is 7.10. The van der Waals surface area contributed by atoms with Crippen LogP contribution in [-0.2, 0) is 13.0 Å². The number of rotatable bonds is 4. The zero-order valence-electron chi connectivity index (χ0n) is 14.5. The quantitative estimate of drug-likeness (QED) is 0.868. The van der Waals surface area contributed by atoms with Gasteiger partial charge in [-0.3, -0.25) is 9.59 Å². The fourth-order valence-corrected chi connectivity index (χ4v) is 4.08. The van der Waals surface area contributed by atoms with Crippen LogP contribution >= 0.6 is 0 Å². The van der Waals surface area contributed by atoms with Crippen LogP contribution in [0.1, 0.15) is 54.4 Å². The molecular formula is C21H24N2O2. The molecule has 0 fully saturated rings. The van der Waals surface area contributed by atoms with E-state index in [2.05, 4.69) is 22.0 Å². The Bertz CT molecular complexity index is 908. The average Bonchev–Trinajstić information content (AvgIpc) is 2.65. The van der Waals surface area contributed by atoms with E-state index in [9.17, 15) is 9.59 Å². The number of hydrogen-bond donors (Lipinski definition) is 1. The van der Waals surface area contributed by atoms with Crippen LogP contribution in [0.4, 0.5) is 0 Å². The largest absolute Gasteiger partial charge is 0.352 e. The summed E-state index contributed by atoms with van der Waals surface area (Å²) in [5.74, 6) is -0.247. The van der Waals surface area contributed by atoms with Gasteiger partial charge >= 0.3 is 0 Å². The Morgan fingerprint density at radius 2 is 2.08 bits per heavy atom. The maximum absolute atomic E-state index is 12.8. The molecule has 1 aliphatic carbocycles. The van der Waals surface area contributed by atoms with Crippen molar-refractivity contribution in [2.75, 3.05) is 6.54 Å². The van der Waals surface area contributed by atoms with E-state index in [1.807, 2.05) is 12.1 Å². The minimum absolute atomic E-state index is 0.149. The zero-order chi connectivity index (χ0) is 17.2. The lowest BCUT2D eigenvalue weighted by molar-refractivity contribution is 0.0952. The molecule has 25 heavy (non-hydrogen) atoms. The molecule has 0 saturated carbocycles. The number of aromatic nitrogens is 1. The standard InChI is InChI=1S/C21H24N2O2/c24-20-17-10-4-8-16-9-5-13-23(19(16)17)14-18(20)21(25)22-12-11-15-6-2-1-3-7-15/h4,6,8,10,14H,1-3,5,7,9,11-13H2,(H,22,25). The minimum atomic E-state index is -0.247. The van der Waals surface area contributed by atoms with E-state index in [-0.39, 0.29) is 16.9 Å². The summed E-state index contributed by atoms with van der Waals surface area (Å²) in [6.45, 7) is 1.46. The molecule has 0 radical (unpaired) electrons. The van der Waals surface area contributed by atoms with Gasteiger partial charge in [-0.2, -0.15) is 0 Å². The van der Waals surface area contributed by atoms with Crippen LogP contribution in [-0.4, -0.2) is 17.0 Å². The molecule has 2 heterocycles. The Hall–Kier alpha value is -2.36. The van der Waals surface area contributed by atoms with Crippen molar-refractivity contribution in [1.82, 2.24) is 9.88 Å². The normalized spacial score (nSPS) is 16.6. The third-order valence-electron chi connectivity index (χ3n) is 5.39. The lowest BCUT2D eigenvalue weighted by Crippen LogP contribution is -2.31. The van der Waals surface area contributed by atoms with E-state index in [0.29, 0.717) is 11.9 Å². The van der Waals surface area contributed by atoms with Crippen LogP contribution in [0.2, 0.25) is 0 Å². The number of nitrogens with one attached hydrogen (secondary N) is 1. The first kappa shape index (κ1) is 16.1. The number of benzene rings is 1. The molecule has 4 nitrogen and oxygen atoms in total. The summed E-state index contributed by atoms with van der Waals surface area (Å²) >= 11 is 0. The van der Waals surface area contributed by atoms with E-state index in [0.717, 1.165) is 44.2 Å². The van der Waals surface area contributed by atoms with Crippen LogP contribution in [0.15, 0.2) is 40.8 Å². The second kappa shape index (κ2) is 6.87. The van der Waals surface area contributed by atoms with E-state index in [4.69, 9.17) is 0 Å². The van der Waals surface area contributed by atoms with Crippen molar-refractivity contribution < 1.29 is 4.79 Å². The van der Waals surface area contributed by atoms with Gasteiger partial charge in [0.1, 0.15) is 5.56 Å². The first-order chi connectivity index (χ1) is 12.2. The number of amides is 1. The molecule has 1 N–H and O–H groups in total. The van der Waals surface area contributed by atoms with E-state index in [1.54, 1.807) is 6.20 Å². The van der Waals surface area contributed by atoms with Crippen LogP contribution in [0.5, 0.6) is 0 Å². The predicted octanol–water partition coefficient (Wildman–Crippen LogP) is 3.57. The number of hydrogen-bond acceptors (Lipinski definition) is 2. The molecule has 4 rings (SSSR count). The second-order valence-corrected chi connectivity index (χ2v) is 7.10. The Balaban J connectivity index is 1.57. The van der Waals surface area contributed by atoms with Gasteiger partial charge in [-0.1, -0.05) is 23.8 Å². The van der Waals surface area contributed by atoms with Crippen molar-refractivity contribution in [3.63, 3.8) is 0 Å². The first-order valence-corrected chi connectivity index (χ1v) is 9.35. The van der Waals surface area contributed by atoms with Crippen LogP contribution in [0, 0.1) is 0 Å². The average molecular weight is 336 g/mol. The van der Waals surface area contributed by atoms with E-state index >= 15 is 0 Å². The predicted molar refractivity (Wildman–Crippen MR) is 100 cm³/mol. The molecule has 0 saturated heterocycles. The number of carbonyl (C=O) groups excluding carboxylic acids is 1. The molecule has 1 amide bonds. The molecule has 1 aromatic heterocycles. The van der Waals surface area contributed by atoms with Gasteiger partial charge in [0.25, 0.3) is 5.91 Å². The maximum atomic E-state index is 12.8. The van der Waals surface area contributed by atoms with Crippen molar-refractivity contribution in [3.05, 3.63) is 57.4 Å². The van der Waals surface area contributed by atoms with E-state index in [1.165, 1.54) is 24.0 Å². The number of allylic oxidation sites excluding steroid dienone is 1. The highest BCUT2D eigenvalue weighted by atomic mass is 16.2. The third-order valence-corrected chi connectivity index (χ3v) is 5.39. The third kappa shape index (κ3) is 3.13. The molecule has 0 atom stereocenters. The fourth-order valence-electron chi connectivity index (χ4n) is 4.08. The lowest BCUT2D eigenvalue weighted by Gasteiger charge is -2.20. The number of para-hydroxylation sites is 1. The molecule has 1 aromatic carbocycles. The summed E-state index contributed by atoms with van der Waals surface area (Å²) in [6.07, 6.45) is 11.8.